The molecule has 0 unspecified atom stereocenters. The maximum absolute atomic E-state index is 9.30. The third-order valence-corrected chi connectivity index (χ3v) is 4.65. The van der Waals surface area contributed by atoms with Crippen molar-refractivity contribution in [2.75, 3.05) is 37.6 Å². The van der Waals surface area contributed by atoms with Crippen molar-refractivity contribution in [1.82, 2.24) is 24.6 Å². The summed E-state index contributed by atoms with van der Waals surface area (Å²) < 4.78 is 7.75. The summed E-state index contributed by atoms with van der Waals surface area (Å²) in [5.74, 6) is 1.85. The number of aromatic nitrogens is 4. The van der Waals surface area contributed by atoms with Crippen LogP contribution in [0.5, 0.6) is 0 Å². The second-order valence-electron chi connectivity index (χ2n) is 6.43. The van der Waals surface area contributed by atoms with Crippen LogP contribution in [0.3, 0.4) is 0 Å². The lowest BCUT2D eigenvalue weighted by molar-refractivity contribution is 0.245. The number of aryl methyl sites for hydroxylation is 1. The van der Waals surface area contributed by atoms with E-state index in [1.165, 1.54) is 0 Å². The van der Waals surface area contributed by atoms with Crippen LogP contribution in [-0.2, 0) is 6.54 Å². The van der Waals surface area contributed by atoms with Gasteiger partial charge >= 0.3 is 0 Å². The van der Waals surface area contributed by atoms with Crippen molar-refractivity contribution in [1.29, 1.82) is 5.26 Å². The van der Waals surface area contributed by atoms with E-state index in [1.807, 2.05) is 4.68 Å². The Bertz CT molecular complexity index is 705. The van der Waals surface area contributed by atoms with Gasteiger partial charge in [-0.05, 0) is 19.3 Å². The molecule has 24 heavy (non-hydrogen) atoms. The molecule has 2 fully saturated rings. The number of hydrogen-bond donors (Lipinski definition) is 0. The molecule has 2 aromatic heterocycles. The van der Waals surface area contributed by atoms with Gasteiger partial charge in [0.25, 0.3) is 0 Å². The van der Waals surface area contributed by atoms with Gasteiger partial charge in [0.2, 0.25) is 17.5 Å². The zero-order valence-electron chi connectivity index (χ0n) is 13.6. The Morgan fingerprint density at radius 1 is 1.21 bits per heavy atom. The Hall–Kier alpha value is -2.40. The maximum Gasteiger partial charge on any atom is 0.234 e. The maximum atomic E-state index is 9.30. The molecule has 1 saturated carbocycles. The molecule has 4 rings (SSSR count). The van der Waals surface area contributed by atoms with E-state index in [4.69, 9.17) is 4.42 Å². The predicted octanol–water partition coefficient (Wildman–Crippen LogP) is 1.23. The van der Waals surface area contributed by atoms with Crippen molar-refractivity contribution in [3.05, 3.63) is 24.2 Å². The van der Waals surface area contributed by atoms with E-state index in [2.05, 4.69) is 30.9 Å². The zero-order valence-corrected chi connectivity index (χ0v) is 13.6. The molecule has 8 nitrogen and oxygen atoms in total. The first-order valence-corrected chi connectivity index (χ1v) is 8.54. The van der Waals surface area contributed by atoms with Crippen molar-refractivity contribution >= 4 is 5.88 Å². The van der Waals surface area contributed by atoms with Crippen LogP contribution >= 0.6 is 0 Å². The number of oxazole rings is 1. The van der Waals surface area contributed by atoms with Gasteiger partial charge < -0.3 is 9.32 Å². The molecule has 0 spiro atoms. The first-order valence-electron chi connectivity index (χ1n) is 8.54. The summed E-state index contributed by atoms with van der Waals surface area (Å²) in [5.41, 5.74) is 0.441. The molecule has 0 amide bonds. The lowest BCUT2D eigenvalue weighted by Crippen LogP contribution is -2.46. The number of anilines is 1. The number of rotatable bonds is 6. The van der Waals surface area contributed by atoms with Gasteiger partial charge in [0.1, 0.15) is 18.7 Å². The highest BCUT2D eigenvalue weighted by Crippen LogP contribution is 2.41. The van der Waals surface area contributed by atoms with E-state index in [0.717, 1.165) is 64.4 Å². The summed E-state index contributed by atoms with van der Waals surface area (Å²) in [5, 5.41) is 13.4. The fourth-order valence-electron chi connectivity index (χ4n) is 3.10. The van der Waals surface area contributed by atoms with Gasteiger partial charge in [-0.15, -0.1) is 0 Å². The molecule has 1 aliphatic carbocycles. The van der Waals surface area contributed by atoms with Crippen molar-refractivity contribution in [2.45, 2.75) is 31.7 Å². The first kappa shape index (κ1) is 15.1. The minimum absolute atomic E-state index is 0.434. The van der Waals surface area contributed by atoms with E-state index in [0.29, 0.717) is 17.5 Å². The van der Waals surface area contributed by atoms with E-state index in [9.17, 15) is 5.26 Å². The molecule has 0 atom stereocenters. The Balaban J connectivity index is 1.29. The Morgan fingerprint density at radius 3 is 2.71 bits per heavy atom. The molecular formula is C16H21N7O. The monoisotopic (exact) mass is 327 g/mol. The van der Waals surface area contributed by atoms with E-state index >= 15 is 0 Å². The highest BCUT2D eigenvalue weighted by atomic mass is 16.4. The Morgan fingerprint density at radius 2 is 2.04 bits per heavy atom. The van der Waals surface area contributed by atoms with Gasteiger partial charge in [0.15, 0.2) is 0 Å². The molecule has 0 aromatic carbocycles. The summed E-state index contributed by atoms with van der Waals surface area (Å²) in [7, 11) is 0. The fourth-order valence-corrected chi connectivity index (χ4v) is 3.10. The van der Waals surface area contributed by atoms with Crippen LogP contribution in [0.1, 0.15) is 36.8 Å². The topological polar surface area (TPSA) is 87.0 Å². The Kier molecular flexibility index (Phi) is 4.17. The van der Waals surface area contributed by atoms with E-state index < -0.39 is 0 Å². The number of hydrogen-bond acceptors (Lipinski definition) is 7. The quantitative estimate of drug-likeness (QED) is 0.788. The lowest BCUT2D eigenvalue weighted by Gasteiger charge is -2.34. The third-order valence-electron chi connectivity index (χ3n) is 4.65. The normalized spacial score (nSPS) is 18.7. The molecule has 0 N–H and O–H groups in total. The average Bonchev–Trinajstić information content (AvgIpc) is 3.17. The standard InChI is InChI=1S/C16H21N7O/c17-10-14-16(24-15(20-14)13-2-3-13)22-8-6-21(7-9-22)4-1-5-23-12-18-11-19-23/h11-13H,1-9H2. The van der Waals surface area contributed by atoms with Crippen LogP contribution in [-0.4, -0.2) is 57.4 Å². The fraction of sp³-hybridized carbons (Fsp3) is 0.625. The van der Waals surface area contributed by atoms with Gasteiger partial charge in [-0.25, -0.2) is 9.97 Å². The van der Waals surface area contributed by atoms with Crippen LogP contribution < -0.4 is 4.90 Å². The molecule has 1 aliphatic heterocycles. The molecule has 126 valence electrons. The van der Waals surface area contributed by atoms with E-state index in [-0.39, 0.29) is 0 Å². The average molecular weight is 327 g/mol. The summed E-state index contributed by atoms with van der Waals surface area (Å²) in [6.07, 6.45) is 6.64. The lowest BCUT2D eigenvalue weighted by atomic mass is 10.3. The van der Waals surface area contributed by atoms with Gasteiger partial charge in [-0.3, -0.25) is 9.58 Å². The van der Waals surface area contributed by atoms with E-state index in [1.54, 1.807) is 12.7 Å². The van der Waals surface area contributed by atoms with Gasteiger partial charge in [-0.1, -0.05) is 0 Å². The molecule has 2 aromatic rings. The summed E-state index contributed by atoms with van der Waals surface area (Å²) >= 11 is 0. The number of nitriles is 1. The molecule has 0 radical (unpaired) electrons. The molecule has 1 saturated heterocycles. The number of nitrogens with zero attached hydrogens (tertiary/aromatic N) is 7. The Labute approximate surface area is 140 Å². The van der Waals surface area contributed by atoms with Crippen molar-refractivity contribution in [3.63, 3.8) is 0 Å². The summed E-state index contributed by atoms with van der Waals surface area (Å²) in [6, 6.07) is 2.18. The second kappa shape index (κ2) is 6.61. The minimum atomic E-state index is 0.434. The van der Waals surface area contributed by atoms with Crippen LogP contribution in [0.15, 0.2) is 17.1 Å². The molecule has 8 heteroatoms. The molecule has 0 bridgehead atoms. The van der Waals surface area contributed by atoms with Crippen molar-refractivity contribution in [3.8, 4) is 6.07 Å². The van der Waals surface area contributed by atoms with Crippen molar-refractivity contribution < 1.29 is 4.42 Å². The third kappa shape index (κ3) is 3.26. The summed E-state index contributed by atoms with van der Waals surface area (Å²) in [6.45, 7) is 5.63. The molecular weight excluding hydrogens is 306 g/mol. The van der Waals surface area contributed by atoms with Crippen LogP contribution in [0.2, 0.25) is 0 Å². The van der Waals surface area contributed by atoms with Crippen LogP contribution in [0.4, 0.5) is 5.88 Å². The van der Waals surface area contributed by atoms with Gasteiger partial charge in [0, 0.05) is 45.2 Å². The SMILES string of the molecule is N#Cc1nc(C2CC2)oc1N1CCN(CCCn2cncn2)CC1. The van der Waals surface area contributed by atoms with Gasteiger partial charge in [0.05, 0.1) is 0 Å². The minimum Gasteiger partial charge on any atom is -0.423 e. The van der Waals surface area contributed by atoms with Crippen LogP contribution in [0.25, 0.3) is 0 Å². The highest BCUT2D eigenvalue weighted by molar-refractivity contribution is 5.48. The van der Waals surface area contributed by atoms with Crippen LogP contribution in [0, 0.1) is 11.3 Å². The zero-order chi connectivity index (χ0) is 16.4. The highest BCUT2D eigenvalue weighted by Gasteiger charge is 2.32. The smallest absolute Gasteiger partial charge is 0.234 e. The molecule has 2 aliphatic rings. The number of piperazine rings is 1. The summed E-state index contributed by atoms with van der Waals surface area (Å²) in [4.78, 5) is 12.9. The predicted molar refractivity (Wildman–Crippen MR) is 86.5 cm³/mol. The second-order valence-corrected chi connectivity index (χ2v) is 6.43. The van der Waals surface area contributed by atoms with Crippen molar-refractivity contribution in [2.24, 2.45) is 0 Å². The largest absolute Gasteiger partial charge is 0.423 e. The first-order chi connectivity index (χ1) is 11.8. The molecule has 3 heterocycles. The van der Waals surface area contributed by atoms with Gasteiger partial charge in [-0.2, -0.15) is 10.4 Å².